The van der Waals surface area contributed by atoms with Gasteiger partial charge in [0.05, 0.1) is 17.4 Å². The molecule has 0 amide bonds. The largest absolute Gasteiger partial charge is 0.389 e. The Hall–Kier alpha value is -2.31. The maximum atomic E-state index is 9.84. The molecule has 0 aliphatic rings. The third-order valence-corrected chi connectivity index (χ3v) is 3.13. The van der Waals surface area contributed by atoms with Crippen molar-refractivity contribution in [1.82, 2.24) is 0 Å². The third-order valence-electron chi connectivity index (χ3n) is 3.13. The molecule has 1 N–H and O–H groups in total. The number of nitriles is 1. The highest BCUT2D eigenvalue weighted by atomic mass is 16.3. The van der Waals surface area contributed by atoms with Crippen LogP contribution in [0.25, 0.3) is 0 Å². The predicted octanol–water partition coefficient (Wildman–Crippen LogP) is 3.38. The first-order chi connectivity index (χ1) is 9.15. The van der Waals surface area contributed by atoms with Crippen LogP contribution in [0.4, 0.5) is 11.4 Å². The SMILES string of the molecule is CC(O)c1ccccc1N(C)c1ccccc1C#N. The van der Waals surface area contributed by atoms with E-state index in [1.54, 1.807) is 13.0 Å². The standard InChI is InChI=1S/C16H16N2O/c1-12(19)14-8-4-6-10-16(14)18(2)15-9-5-3-7-13(15)11-17/h3-10,12,19H,1-2H3. The number of rotatable bonds is 3. The highest BCUT2D eigenvalue weighted by molar-refractivity contribution is 5.71. The van der Waals surface area contributed by atoms with Crippen LogP contribution in [0.3, 0.4) is 0 Å². The van der Waals surface area contributed by atoms with E-state index in [0.717, 1.165) is 16.9 Å². The van der Waals surface area contributed by atoms with Crippen molar-refractivity contribution in [3.05, 3.63) is 59.7 Å². The van der Waals surface area contributed by atoms with Crippen LogP contribution in [0.2, 0.25) is 0 Å². The van der Waals surface area contributed by atoms with E-state index < -0.39 is 6.10 Å². The molecule has 0 bridgehead atoms. The zero-order chi connectivity index (χ0) is 13.8. The topological polar surface area (TPSA) is 47.3 Å². The molecule has 0 saturated heterocycles. The zero-order valence-electron chi connectivity index (χ0n) is 11.0. The Morgan fingerprint density at radius 1 is 1.05 bits per heavy atom. The van der Waals surface area contributed by atoms with E-state index in [2.05, 4.69) is 6.07 Å². The first kappa shape index (κ1) is 13.1. The molecule has 2 aromatic rings. The second kappa shape index (κ2) is 5.55. The summed E-state index contributed by atoms with van der Waals surface area (Å²) in [6.07, 6.45) is -0.548. The van der Waals surface area contributed by atoms with Gasteiger partial charge >= 0.3 is 0 Å². The average molecular weight is 252 g/mol. The first-order valence-corrected chi connectivity index (χ1v) is 6.15. The van der Waals surface area contributed by atoms with Crippen LogP contribution >= 0.6 is 0 Å². The van der Waals surface area contributed by atoms with Gasteiger partial charge in [-0.15, -0.1) is 0 Å². The number of aliphatic hydroxyl groups excluding tert-OH is 1. The Morgan fingerprint density at radius 3 is 2.26 bits per heavy atom. The fraction of sp³-hybridized carbons (Fsp3) is 0.188. The third kappa shape index (κ3) is 2.59. The molecule has 0 radical (unpaired) electrons. The fourth-order valence-electron chi connectivity index (χ4n) is 2.14. The van der Waals surface area contributed by atoms with Crippen molar-refractivity contribution in [3.8, 4) is 6.07 Å². The lowest BCUT2D eigenvalue weighted by molar-refractivity contribution is 0.200. The maximum absolute atomic E-state index is 9.84. The molecule has 1 atom stereocenters. The van der Waals surface area contributed by atoms with Crippen LogP contribution in [-0.2, 0) is 0 Å². The first-order valence-electron chi connectivity index (χ1n) is 6.15. The van der Waals surface area contributed by atoms with Crippen LogP contribution in [0.5, 0.6) is 0 Å². The minimum absolute atomic E-state index is 0.548. The van der Waals surface area contributed by atoms with Crippen molar-refractivity contribution in [2.45, 2.75) is 13.0 Å². The lowest BCUT2D eigenvalue weighted by atomic mass is 10.1. The number of benzene rings is 2. The van der Waals surface area contributed by atoms with Gasteiger partial charge in [-0.3, -0.25) is 0 Å². The van der Waals surface area contributed by atoms with Crippen molar-refractivity contribution in [1.29, 1.82) is 5.26 Å². The second-order valence-corrected chi connectivity index (χ2v) is 4.42. The molecule has 96 valence electrons. The van der Waals surface area contributed by atoms with Crippen LogP contribution in [-0.4, -0.2) is 12.2 Å². The summed E-state index contributed by atoms with van der Waals surface area (Å²) in [5.74, 6) is 0. The summed E-state index contributed by atoms with van der Waals surface area (Å²) >= 11 is 0. The highest BCUT2D eigenvalue weighted by Gasteiger charge is 2.14. The Bertz CT molecular complexity index is 614. The summed E-state index contributed by atoms with van der Waals surface area (Å²) in [6.45, 7) is 1.74. The van der Waals surface area contributed by atoms with Crippen LogP contribution < -0.4 is 4.90 Å². The van der Waals surface area contributed by atoms with Crippen molar-refractivity contribution < 1.29 is 5.11 Å². The molecule has 1 unspecified atom stereocenters. The molecule has 0 fully saturated rings. The molecule has 0 aliphatic heterocycles. The second-order valence-electron chi connectivity index (χ2n) is 4.42. The van der Waals surface area contributed by atoms with E-state index in [-0.39, 0.29) is 0 Å². The zero-order valence-corrected chi connectivity index (χ0v) is 11.0. The van der Waals surface area contributed by atoms with Gasteiger partial charge in [-0.1, -0.05) is 30.3 Å². The molecule has 2 aromatic carbocycles. The van der Waals surface area contributed by atoms with E-state index in [4.69, 9.17) is 5.26 Å². The number of aliphatic hydroxyl groups is 1. The lowest BCUT2D eigenvalue weighted by Crippen LogP contribution is -2.14. The van der Waals surface area contributed by atoms with Gasteiger partial charge in [0.25, 0.3) is 0 Å². The summed E-state index contributed by atoms with van der Waals surface area (Å²) in [4.78, 5) is 1.93. The summed E-state index contributed by atoms with van der Waals surface area (Å²) in [5, 5.41) is 19.0. The number of nitrogens with zero attached hydrogens (tertiary/aromatic N) is 2. The highest BCUT2D eigenvalue weighted by Crippen LogP contribution is 2.32. The van der Waals surface area contributed by atoms with Crippen molar-refractivity contribution in [2.24, 2.45) is 0 Å². The summed E-state index contributed by atoms with van der Waals surface area (Å²) < 4.78 is 0. The molecule has 19 heavy (non-hydrogen) atoms. The normalized spacial score (nSPS) is 11.7. The monoisotopic (exact) mass is 252 g/mol. The van der Waals surface area contributed by atoms with Crippen molar-refractivity contribution >= 4 is 11.4 Å². The van der Waals surface area contributed by atoms with Crippen LogP contribution in [0.15, 0.2) is 48.5 Å². The molecule has 3 heteroatoms. The number of hydrogen-bond donors (Lipinski definition) is 1. The number of hydrogen-bond acceptors (Lipinski definition) is 3. The molecule has 2 rings (SSSR count). The molecule has 0 aromatic heterocycles. The average Bonchev–Trinajstić information content (AvgIpc) is 2.46. The van der Waals surface area contributed by atoms with E-state index in [1.165, 1.54) is 0 Å². The van der Waals surface area contributed by atoms with E-state index in [0.29, 0.717) is 5.56 Å². The van der Waals surface area contributed by atoms with Gasteiger partial charge in [0, 0.05) is 18.3 Å². The van der Waals surface area contributed by atoms with Gasteiger partial charge < -0.3 is 10.0 Å². The molecule has 0 spiro atoms. The van der Waals surface area contributed by atoms with E-state index >= 15 is 0 Å². The summed E-state index contributed by atoms with van der Waals surface area (Å²) in [5.41, 5.74) is 3.20. The molecular formula is C16H16N2O. The van der Waals surface area contributed by atoms with Crippen molar-refractivity contribution in [3.63, 3.8) is 0 Å². The van der Waals surface area contributed by atoms with Gasteiger partial charge in [-0.05, 0) is 25.1 Å². The van der Waals surface area contributed by atoms with Gasteiger partial charge in [0.15, 0.2) is 0 Å². The van der Waals surface area contributed by atoms with Gasteiger partial charge in [0.2, 0.25) is 0 Å². The number of para-hydroxylation sites is 2. The lowest BCUT2D eigenvalue weighted by Gasteiger charge is -2.24. The Balaban J connectivity index is 2.51. The van der Waals surface area contributed by atoms with E-state index in [1.807, 2.05) is 54.4 Å². The minimum atomic E-state index is -0.548. The molecule has 0 saturated carbocycles. The molecule has 3 nitrogen and oxygen atoms in total. The number of anilines is 2. The summed E-state index contributed by atoms with van der Waals surface area (Å²) in [6, 6.07) is 17.3. The molecule has 0 aliphatic carbocycles. The Kier molecular flexibility index (Phi) is 3.84. The van der Waals surface area contributed by atoms with Crippen LogP contribution in [0, 0.1) is 11.3 Å². The van der Waals surface area contributed by atoms with Crippen LogP contribution in [0.1, 0.15) is 24.2 Å². The quantitative estimate of drug-likeness (QED) is 0.911. The molecule has 0 heterocycles. The minimum Gasteiger partial charge on any atom is -0.389 e. The Morgan fingerprint density at radius 2 is 1.63 bits per heavy atom. The summed E-state index contributed by atoms with van der Waals surface area (Å²) in [7, 11) is 1.90. The smallest absolute Gasteiger partial charge is 0.101 e. The molecular weight excluding hydrogens is 236 g/mol. The van der Waals surface area contributed by atoms with Gasteiger partial charge in [-0.2, -0.15) is 5.26 Å². The van der Waals surface area contributed by atoms with Gasteiger partial charge in [0.1, 0.15) is 6.07 Å². The predicted molar refractivity (Wildman–Crippen MR) is 76.3 cm³/mol. The van der Waals surface area contributed by atoms with E-state index in [9.17, 15) is 5.11 Å². The Labute approximate surface area is 113 Å². The van der Waals surface area contributed by atoms with Crippen molar-refractivity contribution in [2.75, 3.05) is 11.9 Å². The fourth-order valence-corrected chi connectivity index (χ4v) is 2.14. The maximum Gasteiger partial charge on any atom is 0.101 e. The van der Waals surface area contributed by atoms with Gasteiger partial charge in [-0.25, -0.2) is 0 Å².